The van der Waals surface area contributed by atoms with Gasteiger partial charge in [0.1, 0.15) is 5.60 Å². The first kappa shape index (κ1) is 21.8. The third-order valence-corrected chi connectivity index (χ3v) is 4.13. The van der Waals surface area contributed by atoms with Crippen molar-refractivity contribution in [1.82, 2.24) is 4.90 Å². The van der Waals surface area contributed by atoms with Crippen molar-refractivity contribution in [3.05, 3.63) is 48.0 Å². The van der Waals surface area contributed by atoms with Crippen molar-refractivity contribution in [2.45, 2.75) is 44.9 Å². The van der Waals surface area contributed by atoms with Gasteiger partial charge in [0, 0.05) is 6.54 Å². The normalized spacial score (nSPS) is 13.8. The first-order chi connectivity index (χ1) is 13.1. The molecule has 5 N–H and O–H groups in total. The minimum Gasteiger partial charge on any atom is -0.443 e. The molecule has 0 aliphatic carbocycles. The third kappa shape index (κ3) is 6.02. The highest BCUT2D eigenvalue weighted by Gasteiger charge is 2.32. The number of nitrogens with zero attached hydrogens (tertiary/aromatic N) is 1. The number of nitrogens with two attached hydrogens (primary N) is 2. The summed E-state index contributed by atoms with van der Waals surface area (Å²) < 4.78 is 5.28. The Labute approximate surface area is 165 Å². The van der Waals surface area contributed by atoms with Gasteiger partial charge in [-0.1, -0.05) is 42.5 Å². The van der Waals surface area contributed by atoms with Crippen molar-refractivity contribution >= 4 is 22.8 Å². The Bertz CT molecular complexity index is 832. The minimum atomic E-state index is -1.05. The Morgan fingerprint density at radius 1 is 1.14 bits per heavy atom. The fourth-order valence-electron chi connectivity index (χ4n) is 2.76. The Kier molecular flexibility index (Phi) is 7.12. The van der Waals surface area contributed by atoms with Crippen molar-refractivity contribution in [1.29, 1.82) is 0 Å². The Morgan fingerprint density at radius 2 is 1.79 bits per heavy atom. The molecule has 0 aromatic heterocycles. The van der Waals surface area contributed by atoms with Crippen LogP contribution in [0.3, 0.4) is 0 Å². The first-order valence-electron chi connectivity index (χ1n) is 9.26. The number of carbonyl (C=O) groups excluding carboxylic acids is 2. The van der Waals surface area contributed by atoms with E-state index in [1.807, 2.05) is 42.5 Å². The molecule has 0 saturated heterocycles. The largest absolute Gasteiger partial charge is 0.443 e. The number of aliphatic hydroxyl groups is 1. The second-order valence-corrected chi connectivity index (χ2v) is 7.81. The van der Waals surface area contributed by atoms with Crippen LogP contribution in [-0.2, 0) is 16.0 Å². The summed E-state index contributed by atoms with van der Waals surface area (Å²) in [7, 11) is 0. The number of hydrogen-bond donors (Lipinski definition) is 3. The fourth-order valence-corrected chi connectivity index (χ4v) is 2.76. The van der Waals surface area contributed by atoms with Crippen molar-refractivity contribution in [3.8, 4) is 0 Å². The highest BCUT2D eigenvalue weighted by Crippen LogP contribution is 2.17. The number of imide groups is 1. The lowest BCUT2D eigenvalue weighted by Gasteiger charge is -2.29. The maximum Gasteiger partial charge on any atom is 0.417 e. The second-order valence-electron chi connectivity index (χ2n) is 7.81. The van der Waals surface area contributed by atoms with Crippen LogP contribution in [0.15, 0.2) is 42.5 Å². The molecule has 7 nitrogen and oxygen atoms in total. The van der Waals surface area contributed by atoms with Crippen LogP contribution in [0.25, 0.3) is 10.8 Å². The molecule has 0 radical (unpaired) electrons. The van der Waals surface area contributed by atoms with Crippen molar-refractivity contribution in [2.75, 3.05) is 13.1 Å². The standard InChI is InChI=1S/C21H29N3O4/c1-21(2,3)28-20(27)24(13-17(25)12-22)19(26)18(23)11-14-8-9-15-6-4-5-7-16(15)10-14/h4-10,17-18,25H,11-13,22-23H2,1-3H3/t17?,18-/m1/s1. The molecule has 0 aliphatic heterocycles. The van der Waals surface area contributed by atoms with Crippen LogP contribution in [0.4, 0.5) is 4.79 Å². The third-order valence-electron chi connectivity index (χ3n) is 4.13. The minimum absolute atomic E-state index is 0.0908. The highest BCUT2D eigenvalue weighted by molar-refractivity contribution is 5.95. The smallest absolute Gasteiger partial charge is 0.417 e. The maximum atomic E-state index is 12.8. The molecule has 0 aliphatic rings. The van der Waals surface area contributed by atoms with E-state index < -0.39 is 29.7 Å². The molecule has 2 atom stereocenters. The van der Waals surface area contributed by atoms with E-state index in [1.165, 1.54) is 0 Å². The van der Waals surface area contributed by atoms with Crippen LogP contribution in [-0.4, -0.2) is 52.8 Å². The molecule has 7 heteroatoms. The van der Waals surface area contributed by atoms with Gasteiger partial charge in [0.05, 0.1) is 18.7 Å². The molecule has 0 saturated carbocycles. The van der Waals surface area contributed by atoms with Gasteiger partial charge in [-0.05, 0) is 43.5 Å². The van der Waals surface area contributed by atoms with Gasteiger partial charge in [-0.25, -0.2) is 9.69 Å². The van der Waals surface area contributed by atoms with E-state index in [4.69, 9.17) is 16.2 Å². The van der Waals surface area contributed by atoms with Gasteiger partial charge < -0.3 is 21.3 Å². The lowest BCUT2D eigenvalue weighted by molar-refractivity contribution is -0.133. The predicted octanol–water partition coefficient (Wildman–Crippen LogP) is 1.79. The summed E-state index contributed by atoms with van der Waals surface area (Å²) in [6.07, 6.45) is -1.65. The summed E-state index contributed by atoms with van der Waals surface area (Å²) in [5.74, 6) is -0.616. The lowest BCUT2D eigenvalue weighted by Crippen LogP contribution is -2.52. The molecule has 2 amide bonds. The molecule has 0 spiro atoms. The number of aliphatic hydroxyl groups excluding tert-OH is 1. The van der Waals surface area contributed by atoms with E-state index in [1.54, 1.807) is 20.8 Å². The van der Waals surface area contributed by atoms with Crippen LogP contribution >= 0.6 is 0 Å². The summed E-state index contributed by atoms with van der Waals surface area (Å²) >= 11 is 0. The van der Waals surface area contributed by atoms with Crippen LogP contribution < -0.4 is 11.5 Å². The fraction of sp³-hybridized carbons (Fsp3) is 0.429. The molecular formula is C21H29N3O4. The number of fused-ring (bicyclic) bond motifs is 1. The number of hydrogen-bond acceptors (Lipinski definition) is 6. The van der Waals surface area contributed by atoms with Crippen molar-refractivity contribution in [2.24, 2.45) is 11.5 Å². The SMILES string of the molecule is CC(C)(C)OC(=O)N(CC(O)CN)C(=O)[C@H](N)Cc1ccc2ccccc2c1. The molecule has 0 bridgehead atoms. The molecule has 1 unspecified atom stereocenters. The molecule has 2 aromatic carbocycles. The zero-order chi connectivity index (χ0) is 20.9. The van der Waals surface area contributed by atoms with E-state index in [2.05, 4.69) is 0 Å². The van der Waals surface area contributed by atoms with Crippen LogP contribution in [0.1, 0.15) is 26.3 Å². The van der Waals surface area contributed by atoms with Gasteiger partial charge in [-0.3, -0.25) is 4.79 Å². The number of ether oxygens (including phenoxy) is 1. The summed E-state index contributed by atoms with van der Waals surface area (Å²) in [5, 5.41) is 12.0. The van der Waals surface area contributed by atoms with Gasteiger partial charge in [-0.2, -0.15) is 0 Å². The molecule has 0 heterocycles. The molecule has 28 heavy (non-hydrogen) atoms. The Hall–Kier alpha value is -2.48. The van der Waals surface area contributed by atoms with Crippen molar-refractivity contribution < 1.29 is 19.4 Å². The molecule has 2 aromatic rings. The molecule has 2 rings (SSSR count). The highest BCUT2D eigenvalue weighted by atomic mass is 16.6. The number of amides is 2. The van der Waals surface area contributed by atoms with Gasteiger partial charge >= 0.3 is 6.09 Å². The van der Waals surface area contributed by atoms with E-state index >= 15 is 0 Å². The van der Waals surface area contributed by atoms with Gasteiger partial charge in [0.15, 0.2) is 0 Å². The second kappa shape index (κ2) is 9.14. The van der Waals surface area contributed by atoms with E-state index in [9.17, 15) is 14.7 Å². The average Bonchev–Trinajstić information content (AvgIpc) is 2.63. The van der Waals surface area contributed by atoms with Gasteiger partial charge in [-0.15, -0.1) is 0 Å². The topological polar surface area (TPSA) is 119 Å². The summed E-state index contributed by atoms with van der Waals surface area (Å²) in [6, 6.07) is 12.8. The quantitative estimate of drug-likeness (QED) is 0.695. The van der Waals surface area contributed by atoms with Gasteiger partial charge in [0.25, 0.3) is 0 Å². The predicted molar refractivity (Wildman–Crippen MR) is 109 cm³/mol. The maximum absolute atomic E-state index is 12.8. The van der Waals surface area contributed by atoms with Gasteiger partial charge in [0.2, 0.25) is 5.91 Å². The number of carbonyl (C=O) groups is 2. The zero-order valence-electron chi connectivity index (χ0n) is 16.6. The monoisotopic (exact) mass is 387 g/mol. The van der Waals surface area contributed by atoms with Crippen molar-refractivity contribution in [3.63, 3.8) is 0 Å². The number of benzene rings is 2. The van der Waals surface area contributed by atoms with Crippen LogP contribution in [0.5, 0.6) is 0 Å². The van der Waals surface area contributed by atoms with Crippen LogP contribution in [0.2, 0.25) is 0 Å². The van der Waals surface area contributed by atoms with E-state index in [0.717, 1.165) is 21.2 Å². The van der Waals surface area contributed by atoms with E-state index in [0.29, 0.717) is 0 Å². The van der Waals surface area contributed by atoms with Crippen LogP contribution in [0, 0.1) is 0 Å². The van der Waals surface area contributed by atoms with E-state index in [-0.39, 0.29) is 19.5 Å². The zero-order valence-corrected chi connectivity index (χ0v) is 16.6. The molecule has 0 fully saturated rings. The Morgan fingerprint density at radius 3 is 2.39 bits per heavy atom. The number of rotatable bonds is 6. The summed E-state index contributed by atoms with van der Waals surface area (Å²) in [5.41, 5.74) is 11.6. The molecular weight excluding hydrogens is 358 g/mol. The molecule has 152 valence electrons. The summed E-state index contributed by atoms with van der Waals surface area (Å²) in [6.45, 7) is 4.73. The lowest BCUT2D eigenvalue weighted by atomic mass is 10.0. The Balaban J connectivity index is 2.17. The average molecular weight is 387 g/mol. The first-order valence-corrected chi connectivity index (χ1v) is 9.26. The summed E-state index contributed by atoms with van der Waals surface area (Å²) in [4.78, 5) is 26.1.